The van der Waals surface area contributed by atoms with Gasteiger partial charge in [-0.3, -0.25) is 9.59 Å². The van der Waals surface area contributed by atoms with Crippen molar-refractivity contribution in [1.82, 2.24) is 0 Å². The Labute approximate surface area is 134 Å². The molecule has 2 unspecified atom stereocenters. The number of carboxylic acids is 2. The number of aliphatic carboxylic acids is 2. The number of hydrogen-bond donors (Lipinski definition) is 2. The average Bonchev–Trinajstić information content (AvgIpc) is 2.33. The van der Waals surface area contributed by atoms with Gasteiger partial charge in [0.15, 0.2) is 0 Å². The van der Waals surface area contributed by atoms with E-state index >= 15 is 0 Å². The molecule has 0 spiro atoms. The Balaban J connectivity index is -0.000000295. The smallest absolute Gasteiger partial charge is 0.670 e. The first kappa shape index (κ1) is 24.4. The summed E-state index contributed by atoms with van der Waals surface area (Å²) in [6.07, 6.45) is -0.306. The molecule has 0 aliphatic rings. The van der Waals surface area contributed by atoms with Gasteiger partial charge in [-0.25, -0.2) is 0 Å². The van der Waals surface area contributed by atoms with E-state index in [0.717, 1.165) is 0 Å². The summed E-state index contributed by atoms with van der Waals surface area (Å²) in [6, 6.07) is -2.68. The molecule has 0 aromatic rings. The molecule has 21 heavy (non-hydrogen) atoms. The van der Waals surface area contributed by atoms with Crippen LogP contribution in [0.15, 0.2) is 0 Å². The van der Waals surface area contributed by atoms with Crippen molar-refractivity contribution in [3.63, 3.8) is 0 Å². The standard InChI is InChI=1S/2C5H9N2O3.Zn/c2*6-3(5(9)10)1-2-4(7)8;/h2*3,6H,1-2H2,(H2,7,8)(H,9,10);/q2*-1;+2/p-2. The van der Waals surface area contributed by atoms with Gasteiger partial charge in [0.05, 0.1) is 0 Å². The Morgan fingerprint density at radius 3 is 1.19 bits per heavy atom. The molecule has 0 rings (SSSR count). The Bertz CT molecular complexity index is 331. The molecule has 0 saturated heterocycles. The molecule has 0 heterocycles. The molecule has 0 aliphatic carbocycles. The van der Waals surface area contributed by atoms with E-state index in [-0.39, 0.29) is 45.2 Å². The third-order valence-electron chi connectivity index (χ3n) is 1.93. The van der Waals surface area contributed by atoms with Gasteiger partial charge >= 0.3 is 19.5 Å². The second-order valence-electron chi connectivity index (χ2n) is 3.75. The normalized spacial score (nSPS) is 11.9. The minimum atomic E-state index is -1.47. The van der Waals surface area contributed by atoms with E-state index in [2.05, 4.69) is 0 Å². The first-order valence-corrected chi connectivity index (χ1v) is 5.48. The van der Waals surface area contributed by atoms with Crippen LogP contribution in [0.4, 0.5) is 0 Å². The molecule has 0 aliphatic heterocycles. The molecule has 2 atom stereocenters. The zero-order valence-electron chi connectivity index (χ0n) is 11.3. The van der Waals surface area contributed by atoms with Gasteiger partial charge < -0.3 is 42.7 Å². The van der Waals surface area contributed by atoms with E-state index in [9.17, 15) is 29.4 Å². The van der Waals surface area contributed by atoms with E-state index < -0.39 is 35.8 Å². The van der Waals surface area contributed by atoms with Gasteiger partial charge in [0.1, 0.15) is 0 Å². The molecule has 0 aromatic heterocycles. The SMILES string of the molecule is [NH-]C(CCC(N)=O)C(=O)[O-].[NH-]C(CCC(N)=O)C(=O)[O-].[Zn+2]. The zero-order chi connectivity index (χ0) is 16.3. The summed E-state index contributed by atoms with van der Waals surface area (Å²) in [5.41, 5.74) is 22.9. The summed E-state index contributed by atoms with van der Waals surface area (Å²) < 4.78 is 0. The zero-order valence-corrected chi connectivity index (χ0v) is 14.3. The van der Waals surface area contributed by atoms with Gasteiger partial charge in [0.25, 0.3) is 0 Å². The Hall–Kier alpha value is -1.58. The molecular weight excluding hydrogens is 338 g/mol. The van der Waals surface area contributed by atoms with Crippen LogP contribution in [0.1, 0.15) is 25.7 Å². The predicted octanol–water partition coefficient (Wildman–Crippen LogP) is -3.16. The van der Waals surface area contributed by atoms with Crippen LogP contribution < -0.4 is 21.7 Å². The van der Waals surface area contributed by atoms with Gasteiger partial charge in [-0.05, 0) is 0 Å². The summed E-state index contributed by atoms with van der Waals surface area (Å²) in [7, 11) is 0. The minimum absolute atomic E-state index is 0. The van der Waals surface area contributed by atoms with Crippen molar-refractivity contribution in [3.05, 3.63) is 11.5 Å². The van der Waals surface area contributed by atoms with E-state index in [1.165, 1.54) is 0 Å². The fourth-order valence-electron chi connectivity index (χ4n) is 0.809. The molecule has 0 bridgehead atoms. The van der Waals surface area contributed by atoms with Crippen LogP contribution in [-0.2, 0) is 38.7 Å². The molecule has 10 nitrogen and oxygen atoms in total. The van der Waals surface area contributed by atoms with Gasteiger partial charge in [-0.2, -0.15) is 0 Å². The van der Waals surface area contributed by atoms with Crippen molar-refractivity contribution in [1.29, 1.82) is 0 Å². The maximum Gasteiger partial charge on any atom is 2.00 e. The monoisotopic (exact) mass is 352 g/mol. The number of carbonyl (C=O) groups is 4. The van der Waals surface area contributed by atoms with Crippen molar-refractivity contribution in [2.75, 3.05) is 0 Å². The number of carbonyl (C=O) groups excluding carboxylic acids is 4. The molecule has 6 N–H and O–H groups in total. The number of amides is 2. The molecule has 0 fully saturated rings. The first-order chi connectivity index (χ1) is 9.07. The van der Waals surface area contributed by atoms with Gasteiger partial charge in [-0.1, -0.05) is 24.9 Å². The van der Waals surface area contributed by atoms with E-state index in [4.69, 9.17) is 22.9 Å². The Kier molecular flexibility index (Phi) is 15.6. The molecule has 11 heteroatoms. The number of carboxylic acid groups (broad SMARTS) is 2. The van der Waals surface area contributed by atoms with Crippen LogP contribution in [0.3, 0.4) is 0 Å². The van der Waals surface area contributed by atoms with E-state index in [1.54, 1.807) is 0 Å². The largest absolute Gasteiger partial charge is 2.00 e. The average molecular weight is 354 g/mol. The van der Waals surface area contributed by atoms with Crippen molar-refractivity contribution >= 4 is 23.8 Å². The summed E-state index contributed by atoms with van der Waals surface area (Å²) >= 11 is 0. The first-order valence-electron chi connectivity index (χ1n) is 5.48. The topological polar surface area (TPSA) is 214 Å². The minimum Gasteiger partial charge on any atom is -0.670 e. The maximum atomic E-state index is 10.1. The summed E-state index contributed by atoms with van der Waals surface area (Å²) in [5.74, 6) is -4.14. The summed E-state index contributed by atoms with van der Waals surface area (Å²) in [6.45, 7) is 0. The van der Waals surface area contributed by atoms with Crippen molar-refractivity contribution in [2.24, 2.45) is 11.5 Å². The summed E-state index contributed by atoms with van der Waals surface area (Å²) in [5, 5.41) is 19.7. The van der Waals surface area contributed by atoms with Crippen molar-refractivity contribution < 1.29 is 48.9 Å². The van der Waals surface area contributed by atoms with Crippen LogP contribution in [-0.4, -0.2) is 35.8 Å². The van der Waals surface area contributed by atoms with E-state index in [1.807, 2.05) is 0 Å². The summed E-state index contributed by atoms with van der Waals surface area (Å²) in [4.78, 5) is 39.8. The fraction of sp³-hybridized carbons (Fsp3) is 0.600. The van der Waals surface area contributed by atoms with Crippen LogP contribution >= 0.6 is 0 Å². The third kappa shape index (κ3) is 18.4. The number of nitrogens with two attached hydrogens (primary N) is 2. The molecule has 0 aromatic carbocycles. The van der Waals surface area contributed by atoms with Crippen molar-refractivity contribution in [3.8, 4) is 0 Å². The van der Waals surface area contributed by atoms with Crippen LogP contribution in [0.25, 0.3) is 11.5 Å². The number of nitrogens with one attached hydrogen (secondary N) is 2. The maximum absolute atomic E-state index is 10.1. The van der Waals surface area contributed by atoms with Crippen LogP contribution in [0.5, 0.6) is 0 Å². The fourth-order valence-corrected chi connectivity index (χ4v) is 0.809. The van der Waals surface area contributed by atoms with Crippen LogP contribution in [0.2, 0.25) is 0 Å². The molecule has 2 amide bonds. The molecular formula is C10H16N4O6Zn-2. The predicted molar refractivity (Wildman–Crippen MR) is 63.1 cm³/mol. The van der Waals surface area contributed by atoms with Crippen LogP contribution in [0, 0.1) is 0 Å². The van der Waals surface area contributed by atoms with E-state index in [0.29, 0.717) is 0 Å². The molecule has 0 radical (unpaired) electrons. The van der Waals surface area contributed by atoms with Gasteiger partial charge in [-0.15, -0.1) is 0 Å². The molecule has 116 valence electrons. The Morgan fingerprint density at radius 2 is 1.05 bits per heavy atom. The van der Waals surface area contributed by atoms with Gasteiger partial charge in [0.2, 0.25) is 11.8 Å². The number of hydrogen-bond acceptors (Lipinski definition) is 6. The quantitative estimate of drug-likeness (QED) is 0.429. The third-order valence-corrected chi connectivity index (χ3v) is 1.93. The number of primary amides is 2. The number of rotatable bonds is 8. The molecule has 0 saturated carbocycles. The second-order valence-corrected chi connectivity index (χ2v) is 3.75. The second kappa shape index (κ2) is 13.4. The van der Waals surface area contributed by atoms with Gasteiger partial charge in [0, 0.05) is 24.8 Å². The van der Waals surface area contributed by atoms with Crippen molar-refractivity contribution in [2.45, 2.75) is 37.8 Å². The Morgan fingerprint density at radius 1 is 0.810 bits per heavy atom.